The number of carbonyl (C=O) groups excluding carboxylic acids is 1. The number of aromatic nitrogens is 2. The average molecular weight is 239 g/mol. The van der Waals surface area contributed by atoms with Crippen LogP contribution in [0.2, 0.25) is 0 Å². The predicted molar refractivity (Wildman–Crippen MR) is 64.3 cm³/mol. The van der Waals surface area contributed by atoms with E-state index in [9.17, 15) is 4.79 Å². The first-order valence-electron chi connectivity index (χ1n) is 5.36. The molecule has 0 saturated heterocycles. The number of esters is 1. The molecule has 7 heteroatoms. The zero-order valence-corrected chi connectivity index (χ0v) is 9.99. The van der Waals surface area contributed by atoms with Gasteiger partial charge in [0.05, 0.1) is 13.0 Å². The van der Waals surface area contributed by atoms with Crippen molar-refractivity contribution >= 4 is 17.6 Å². The lowest BCUT2D eigenvalue weighted by Crippen LogP contribution is -2.15. The van der Waals surface area contributed by atoms with E-state index in [4.69, 9.17) is 10.6 Å². The highest BCUT2D eigenvalue weighted by atomic mass is 16.5. The maximum atomic E-state index is 11.1. The van der Waals surface area contributed by atoms with Crippen molar-refractivity contribution in [3.05, 3.63) is 11.9 Å². The van der Waals surface area contributed by atoms with Gasteiger partial charge in [0.1, 0.15) is 18.0 Å². The molecule has 0 aliphatic carbocycles. The summed E-state index contributed by atoms with van der Waals surface area (Å²) in [5.74, 6) is 6.27. The third-order valence-corrected chi connectivity index (χ3v) is 2.15. The quantitative estimate of drug-likeness (QED) is 0.376. The summed E-state index contributed by atoms with van der Waals surface area (Å²) in [5.41, 5.74) is 3.28. The molecule has 1 aromatic heterocycles. The van der Waals surface area contributed by atoms with Crippen LogP contribution >= 0.6 is 0 Å². The Morgan fingerprint density at radius 3 is 2.82 bits per heavy atom. The normalized spacial score (nSPS) is 9.82. The van der Waals surface area contributed by atoms with E-state index in [1.54, 1.807) is 6.92 Å². The zero-order valence-electron chi connectivity index (χ0n) is 9.99. The molecule has 17 heavy (non-hydrogen) atoms. The van der Waals surface area contributed by atoms with Gasteiger partial charge in [0.25, 0.3) is 0 Å². The van der Waals surface area contributed by atoms with Gasteiger partial charge >= 0.3 is 5.97 Å². The van der Waals surface area contributed by atoms with E-state index in [0.717, 1.165) is 5.56 Å². The predicted octanol–water partition coefficient (Wildman–Crippen LogP) is 0.436. The molecule has 4 N–H and O–H groups in total. The molecule has 1 rings (SSSR count). The SMILES string of the molecule is CCOC(=O)CCNc1ncnc(NN)c1C. The van der Waals surface area contributed by atoms with Gasteiger partial charge in [-0.05, 0) is 13.8 Å². The minimum absolute atomic E-state index is 0.233. The number of hydrogen-bond acceptors (Lipinski definition) is 7. The van der Waals surface area contributed by atoms with Gasteiger partial charge in [0, 0.05) is 12.1 Å². The standard InChI is InChI=1S/C10H17N5O2/c1-3-17-8(16)4-5-12-9-7(2)10(15-11)14-6-13-9/h6H,3-5,11H2,1-2H3,(H2,12,13,14,15). The van der Waals surface area contributed by atoms with Gasteiger partial charge in [0.15, 0.2) is 0 Å². The highest BCUT2D eigenvalue weighted by molar-refractivity contribution is 5.70. The summed E-state index contributed by atoms with van der Waals surface area (Å²) in [6.07, 6.45) is 1.69. The number of carbonyl (C=O) groups is 1. The lowest BCUT2D eigenvalue weighted by Gasteiger charge is -2.10. The third kappa shape index (κ3) is 3.87. The molecule has 0 unspecified atom stereocenters. The van der Waals surface area contributed by atoms with Gasteiger partial charge in [-0.25, -0.2) is 15.8 Å². The van der Waals surface area contributed by atoms with Crippen molar-refractivity contribution in [2.45, 2.75) is 20.3 Å². The van der Waals surface area contributed by atoms with Crippen LogP contribution in [0.15, 0.2) is 6.33 Å². The number of rotatable bonds is 6. The number of nitrogen functional groups attached to an aromatic ring is 1. The highest BCUT2D eigenvalue weighted by Crippen LogP contribution is 2.16. The van der Waals surface area contributed by atoms with Crippen molar-refractivity contribution in [2.75, 3.05) is 23.9 Å². The Morgan fingerprint density at radius 2 is 2.18 bits per heavy atom. The van der Waals surface area contributed by atoms with Crippen LogP contribution in [0.3, 0.4) is 0 Å². The number of nitrogens with zero attached hydrogens (tertiary/aromatic N) is 2. The van der Waals surface area contributed by atoms with E-state index in [1.807, 2.05) is 6.92 Å². The van der Waals surface area contributed by atoms with Crippen molar-refractivity contribution in [3.8, 4) is 0 Å². The molecular formula is C10H17N5O2. The molecular weight excluding hydrogens is 222 g/mol. The van der Waals surface area contributed by atoms with Crippen molar-refractivity contribution < 1.29 is 9.53 Å². The average Bonchev–Trinajstić information content (AvgIpc) is 2.32. The Kier molecular flexibility index (Phi) is 5.15. The molecule has 0 fully saturated rings. The van der Waals surface area contributed by atoms with Gasteiger partial charge in [-0.3, -0.25) is 4.79 Å². The number of hydrazine groups is 1. The Morgan fingerprint density at radius 1 is 1.47 bits per heavy atom. The summed E-state index contributed by atoms with van der Waals surface area (Å²) in [7, 11) is 0. The van der Waals surface area contributed by atoms with E-state index in [0.29, 0.717) is 31.2 Å². The summed E-state index contributed by atoms with van der Waals surface area (Å²) >= 11 is 0. The van der Waals surface area contributed by atoms with Crippen molar-refractivity contribution in [1.82, 2.24) is 9.97 Å². The van der Waals surface area contributed by atoms with Crippen LogP contribution in [0, 0.1) is 6.92 Å². The number of anilines is 2. The van der Waals surface area contributed by atoms with E-state index in [2.05, 4.69) is 20.7 Å². The Labute approximate surface area is 99.7 Å². The van der Waals surface area contributed by atoms with E-state index in [-0.39, 0.29) is 5.97 Å². The molecule has 0 saturated carbocycles. The molecule has 0 spiro atoms. The van der Waals surface area contributed by atoms with Crippen molar-refractivity contribution in [1.29, 1.82) is 0 Å². The van der Waals surface area contributed by atoms with Gasteiger partial charge in [-0.2, -0.15) is 0 Å². The van der Waals surface area contributed by atoms with E-state index < -0.39 is 0 Å². The molecule has 0 radical (unpaired) electrons. The highest BCUT2D eigenvalue weighted by Gasteiger charge is 2.06. The van der Waals surface area contributed by atoms with Crippen molar-refractivity contribution in [2.24, 2.45) is 5.84 Å². The third-order valence-electron chi connectivity index (χ3n) is 2.15. The largest absolute Gasteiger partial charge is 0.466 e. The fourth-order valence-electron chi connectivity index (χ4n) is 1.29. The van der Waals surface area contributed by atoms with Gasteiger partial charge in [-0.1, -0.05) is 0 Å². The fraction of sp³-hybridized carbons (Fsp3) is 0.500. The second-order valence-corrected chi connectivity index (χ2v) is 3.32. The molecule has 1 aromatic rings. The molecule has 7 nitrogen and oxygen atoms in total. The topological polar surface area (TPSA) is 102 Å². The fourth-order valence-corrected chi connectivity index (χ4v) is 1.29. The Hall–Kier alpha value is -1.89. The van der Waals surface area contributed by atoms with Crippen LogP contribution < -0.4 is 16.6 Å². The number of nitrogens with two attached hydrogens (primary N) is 1. The molecule has 94 valence electrons. The second kappa shape index (κ2) is 6.64. The summed E-state index contributed by atoms with van der Waals surface area (Å²) in [6.45, 7) is 4.47. The summed E-state index contributed by atoms with van der Waals surface area (Å²) in [5, 5.41) is 3.03. The monoisotopic (exact) mass is 239 g/mol. The number of ether oxygens (including phenoxy) is 1. The van der Waals surface area contributed by atoms with Crippen LogP contribution in [0.1, 0.15) is 18.9 Å². The Bertz CT molecular complexity index is 383. The van der Waals surface area contributed by atoms with Gasteiger partial charge in [0.2, 0.25) is 0 Å². The number of hydrogen-bond donors (Lipinski definition) is 3. The molecule has 0 bridgehead atoms. The minimum Gasteiger partial charge on any atom is -0.466 e. The van der Waals surface area contributed by atoms with Crippen LogP contribution in [-0.4, -0.2) is 29.1 Å². The lowest BCUT2D eigenvalue weighted by molar-refractivity contribution is -0.142. The van der Waals surface area contributed by atoms with Crippen LogP contribution in [-0.2, 0) is 9.53 Å². The summed E-state index contributed by atoms with van der Waals surface area (Å²) in [6, 6.07) is 0. The summed E-state index contributed by atoms with van der Waals surface area (Å²) in [4.78, 5) is 19.1. The minimum atomic E-state index is -0.233. The summed E-state index contributed by atoms with van der Waals surface area (Å²) < 4.78 is 4.81. The molecule has 0 aliphatic heterocycles. The molecule has 0 amide bonds. The molecule has 0 atom stereocenters. The van der Waals surface area contributed by atoms with Crippen LogP contribution in [0.25, 0.3) is 0 Å². The lowest BCUT2D eigenvalue weighted by atomic mass is 10.3. The first-order valence-corrected chi connectivity index (χ1v) is 5.36. The van der Waals surface area contributed by atoms with Crippen molar-refractivity contribution in [3.63, 3.8) is 0 Å². The molecule has 1 heterocycles. The first kappa shape index (κ1) is 13.2. The molecule has 0 aromatic carbocycles. The molecule has 0 aliphatic rings. The maximum absolute atomic E-state index is 11.1. The maximum Gasteiger partial charge on any atom is 0.307 e. The zero-order chi connectivity index (χ0) is 12.7. The number of nitrogens with one attached hydrogen (secondary N) is 2. The smallest absolute Gasteiger partial charge is 0.307 e. The van der Waals surface area contributed by atoms with Gasteiger partial charge in [-0.15, -0.1) is 0 Å². The van der Waals surface area contributed by atoms with Crippen LogP contribution in [0.5, 0.6) is 0 Å². The van der Waals surface area contributed by atoms with E-state index in [1.165, 1.54) is 6.33 Å². The first-order chi connectivity index (χ1) is 8.19. The van der Waals surface area contributed by atoms with Gasteiger partial charge < -0.3 is 15.5 Å². The van der Waals surface area contributed by atoms with Crippen LogP contribution in [0.4, 0.5) is 11.6 Å². The Balaban J connectivity index is 2.49. The second-order valence-electron chi connectivity index (χ2n) is 3.32. The van der Waals surface area contributed by atoms with E-state index >= 15 is 0 Å².